The maximum absolute atomic E-state index is 13.6. The summed E-state index contributed by atoms with van der Waals surface area (Å²) in [6.45, 7) is 4.25. The normalized spacial score (nSPS) is 14.9. The number of nitrogens with zero attached hydrogens (tertiary/aromatic N) is 3. The van der Waals surface area contributed by atoms with Crippen molar-refractivity contribution in [3.63, 3.8) is 0 Å². The summed E-state index contributed by atoms with van der Waals surface area (Å²) >= 11 is 5.60. The quantitative estimate of drug-likeness (QED) is 0.267. The van der Waals surface area contributed by atoms with Crippen LogP contribution in [0.1, 0.15) is 25.0 Å². The molecular formula is C29H26F3N3O4S. The Morgan fingerprint density at radius 2 is 1.55 bits per heavy atom. The summed E-state index contributed by atoms with van der Waals surface area (Å²) in [7, 11) is 0. The largest absolute Gasteiger partial charge is 0.491 e. The molecule has 1 aliphatic heterocycles. The molecule has 0 unspecified atom stereocenters. The van der Waals surface area contributed by atoms with Crippen LogP contribution in [-0.2, 0) is 15.7 Å². The number of carbonyl (C=O) groups excluding carboxylic acids is 1. The molecule has 1 saturated heterocycles. The van der Waals surface area contributed by atoms with Crippen molar-refractivity contribution in [3.8, 4) is 22.9 Å². The van der Waals surface area contributed by atoms with E-state index in [1.807, 2.05) is 36.4 Å². The Balaban J connectivity index is 1.54. The van der Waals surface area contributed by atoms with Crippen LogP contribution >= 0.6 is 12.2 Å². The van der Waals surface area contributed by atoms with E-state index in [9.17, 15) is 18.0 Å². The maximum atomic E-state index is 13.6. The Bertz CT molecular complexity index is 1430. The van der Waals surface area contributed by atoms with Crippen LogP contribution < -0.4 is 14.5 Å². The Morgan fingerprint density at radius 3 is 2.12 bits per heavy atom. The number of aliphatic hydroxyl groups excluding tert-OH is 1. The summed E-state index contributed by atoms with van der Waals surface area (Å²) in [6, 6.07) is 19.4. The number of anilines is 2. The second kappa shape index (κ2) is 11.6. The summed E-state index contributed by atoms with van der Waals surface area (Å²) in [5.41, 5.74) is -0.478. The van der Waals surface area contributed by atoms with Gasteiger partial charge in [0.15, 0.2) is 5.11 Å². The lowest BCUT2D eigenvalue weighted by Crippen LogP contribution is -2.44. The molecule has 0 aromatic heterocycles. The minimum atomic E-state index is -4.77. The maximum Gasteiger partial charge on any atom is 0.417 e. The number of carbonyl (C=O) groups is 1. The Morgan fingerprint density at radius 1 is 0.950 bits per heavy atom. The number of rotatable bonds is 9. The standard InChI is InChI=1S/C29H26F3N3O4S/c1-28(2)26(37)34(23-10-5-21(18-33)25(17-23)29(30,31)32)27(40)35(28)22-8-3-19(4-9-22)20-6-11-24(12-7-20)39-16-15-38-14-13-36/h3-12,17,36H,13-16H2,1-2H3. The molecule has 0 aliphatic carbocycles. The van der Waals surface area contributed by atoms with Crippen LogP contribution in [0.25, 0.3) is 11.1 Å². The van der Waals surface area contributed by atoms with Crippen molar-refractivity contribution in [2.45, 2.75) is 25.6 Å². The SMILES string of the molecule is CC1(C)C(=O)N(c2ccc(C#N)c(C(F)(F)F)c2)C(=S)N1c1ccc(-c2ccc(OCCOCCO)cc2)cc1. The molecule has 1 aliphatic rings. The van der Waals surface area contributed by atoms with Crippen molar-refractivity contribution in [1.82, 2.24) is 0 Å². The van der Waals surface area contributed by atoms with Crippen LogP contribution in [0, 0.1) is 11.3 Å². The van der Waals surface area contributed by atoms with Crippen LogP contribution in [-0.4, -0.2) is 48.1 Å². The predicted octanol–water partition coefficient (Wildman–Crippen LogP) is 5.55. The Kier molecular flexibility index (Phi) is 8.44. The van der Waals surface area contributed by atoms with Gasteiger partial charge in [-0.15, -0.1) is 0 Å². The van der Waals surface area contributed by atoms with Gasteiger partial charge in [0.05, 0.1) is 42.7 Å². The zero-order valence-corrected chi connectivity index (χ0v) is 22.6. The second-order valence-electron chi connectivity index (χ2n) is 9.41. The highest BCUT2D eigenvalue weighted by Crippen LogP contribution is 2.40. The number of benzene rings is 3. The summed E-state index contributed by atoms with van der Waals surface area (Å²) < 4.78 is 51.5. The van der Waals surface area contributed by atoms with Crippen LogP contribution in [0.15, 0.2) is 66.7 Å². The van der Waals surface area contributed by atoms with Crippen LogP contribution in [0.2, 0.25) is 0 Å². The summed E-state index contributed by atoms with van der Waals surface area (Å²) in [6.07, 6.45) is -4.77. The van der Waals surface area contributed by atoms with Gasteiger partial charge in [-0.2, -0.15) is 18.4 Å². The number of amides is 1. The predicted molar refractivity (Wildman–Crippen MR) is 148 cm³/mol. The molecule has 1 amide bonds. The highest BCUT2D eigenvalue weighted by atomic mass is 32.1. The van der Waals surface area contributed by atoms with Crippen molar-refractivity contribution in [3.05, 3.63) is 77.9 Å². The van der Waals surface area contributed by atoms with E-state index in [0.717, 1.165) is 28.2 Å². The molecule has 4 rings (SSSR count). The molecule has 208 valence electrons. The van der Waals surface area contributed by atoms with E-state index in [-0.39, 0.29) is 24.0 Å². The zero-order chi connectivity index (χ0) is 29.1. The van der Waals surface area contributed by atoms with Gasteiger partial charge in [0, 0.05) is 5.69 Å². The van der Waals surface area contributed by atoms with E-state index < -0.39 is 28.7 Å². The van der Waals surface area contributed by atoms with E-state index in [1.54, 1.807) is 36.9 Å². The first kappa shape index (κ1) is 29.0. The topological polar surface area (TPSA) is 86.0 Å². The first-order chi connectivity index (χ1) is 19.0. The van der Waals surface area contributed by atoms with Gasteiger partial charge >= 0.3 is 6.18 Å². The molecule has 0 saturated carbocycles. The number of halogens is 3. The van der Waals surface area contributed by atoms with Crippen LogP contribution in [0.4, 0.5) is 24.5 Å². The summed E-state index contributed by atoms with van der Waals surface area (Å²) in [5, 5.41) is 17.9. The summed E-state index contributed by atoms with van der Waals surface area (Å²) in [5.74, 6) is 0.184. The number of alkyl halides is 3. The van der Waals surface area contributed by atoms with Gasteiger partial charge in [-0.1, -0.05) is 24.3 Å². The zero-order valence-electron chi connectivity index (χ0n) is 21.7. The van der Waals surface area contributed by atoms with Gasteiger partial charge < -0.3 is 19.5 Å². The van der Waals surface area contributed by atoms with Crippen molar-refractivity contribution < 1.29 is 32.5 Å². The number of nitriles is 1. The Labute approximate surface area is 235 Å². The third kappa shape index (κ3) is 5.79. The molecule has 1 N–H and O–H groups in total. The van der Waals surface area contributed by atoms with Gasteiger partial charge in [-0.3, -0.25) is 9.69 Å². The first-order valence-corrected chi connectivity index (χ1v) is 12.7. The molecular weight excluding hydrogens is 543 g/mol. The molecule has 0 atom stereocenters. The minimum Gasteiger partial charge on any atom is -0.491 e. The van der Waals surface area contributed by atoms with Crippen molar-refractivity contribution in [2.24, 2.45) is 0 Å². The molecule has 3 aromatic carbocycles. The second-order valence-corrected chi connectivity index (χ2v) is 9.78. The first-order valence-electron chi connectivity index (χ1n) is 12.3. The lowest BCUT2D eigenvalue weighted by molar-refractivity contribution is -0.137. The molecule has 1 heterocycles. The molecule has 0 spiro atoms. The number of thiocarbonyl (C=S) groups is 1. The monoisotopic (exact) mass is 569 g/mol. The Hall–Kier alpha value is -3.98. The lowest BCUT2D eigenvalue weighted by atomic mass is 10.0. The average Bonchev–Trinajstić information content (AvgIpc) is 3.11. The van der Waals surface area contributed by atoms with Gasteiger partial charge in [-0.25, -0.2) is 0 Å². The van der Waals surface area contributed by atoms with Gasteiger partial charge in [-0.05, 0) is 79.7 Å². The van der Waals surface area contributed by atoms with Gasteiger partial charge in [0.1, 0.15) is 17.9 Å². The van der Waals surface area contributed by atoms with E-state index >= 15 is 0 Å². The fraction of sp³-hybridized carbons (Fsp3) is 0.276. The molecule has 11 heteroatoms. The summed E-state index contributed by atoms with van der Waals surface area (Å²) in [4.78, 5) is 16.1. The minimum absolute atomic E-state index is 0.0325. The van der Waals surface area contributed by atoms with Crippen LogP contribution in [0.3, 0.4) is 0 Å². The molecule has 0 radical (unpaired) electrons. The fourth-order valence-corrected chi connectivity index (χ4v) is 4.91. The fourth-order valence-electron chi connectivity index (χ4n) is 4.39. The number of ether oxygens (including phenoxy) is 2. The lowest BCUT2D eigenvalue weighted by Gasteiger charge is -2.29. The van der Waals surface area contributed by atoms with Crippen LogP contribution in [0.5, 0.6) is 5.75 Å². The van der Waals surface area contributed by atoms with Crippen molar-refractivity contribution in [1.29, 1.82) is 5.26 Å². The molecule has 0 bridgehead atoms. The third-order valence-electron chi connectivity index (χ3n) is 6.40. The number of hydrogen-bond donors (Lipinski definition) is 1. The van der Waals surface area contributed by atoms with E-state index in [2.05, 4.69) is 0 Å². The van der Waals surface area contributed by atoms with E-state index in [1.165, 1.54) is 6.07 Å². The van der Waals surface area contributed by atoms with Crippen molar-refractivity contribution in [2.75, 3.05) is 36.2 Å². The number of hydrogen-bond acceptors (Lipinski definition) is 6. The molecule has 1 fully saturated rings. The van der Waals surface area contributed by atoms with Gasteiger partial charge in [0.25, 0.3) is 5.91 Å². The number of aliphatic hydroxyl groups is 1. The van der Waals surface area contributed by atoms with E-state index in [4.69, 9.17) is 32.1 Å². The highest BCUT2D eigenvalue weighted by Gasteiger charge is 2.50. The average molecular weight is 570 g/mol. The molecule has 40 heavy (non-hydrogen) atoms. The molecule has 3 aromatic rings. The van der Waals surface area contributed by atoms with Crippen molar-refractivity contribution >= 4 is 34.6 Å². The molecule has 7 nitrogen and oxygen atoms in total. The smallest absolute Gasteiger partial charge is 0.417 e. The van der Waals surface area contributed by atoms with E-state index in [0.29, 0.717) is 24.7 Å². The highest BCUT2D eigenvalue weighted by molar-refractivity contribution is 7.81. The third-order valence-corrected chi connectivity index (χ3v) is 6.77. The van der Waals surface area contributed by atoms with Gasteiger partial charge in [0.2, 0.25) is 0 Å².